The molecule has 0 aromatic carbocycles. The number of ether oxygens (including phenoxy) is 2. The summed E-state index contributed by atoms with van der Waals surface area (Å²) < 4.78 is 12.0. The zero-order valence-corrected chi connectivity index (χ0v) is 19.8. The van der Waals surface area contributed by atoms with Gasteiger partial charge in [0, 0.05) is 51.4 Å². The molecule has 7 heteroatoms. The van der Waals surface area contributed by atoms with Gasteiger partial charge in [0.05, 0.1) is 24.4 Å². The SMILES string of the molecule is CCC(O)(CC)CO.CCC1(CC)COC2(CCC(=O)CC2)O1.O=C1CCC(=O)CC1. The molecular weight excluding hydrogens is 400 g/mol. The summed E-state index contributed by atoms with van der Waals surface area (Å²) in [6, 6.07) is 0. The van der Waals surface area contributed by atoms with E-state index in [-0.39, 0.29) is 23.8 Å². The van der Waals surface area contributed by atoms with E-state index >= 15 is 0 Å². The first kappa shape index (κ1) is 27.9. The highest BCUT2D eigenvalue weighted by molar-refractivity contribution is 5.92. The third-order valence-electron chi connectivity index (χ3n) is 6.83. The summed E-state index contributed by atoms with van der Waals surface area (Å²) in [5.74, 6) is 0.396. The third-order valence-corrected chi connectivity index (χ3v) is 6.83. The van der Waals surface area contributed by atoms with Gasteiger partial charge in [0.25, 0.3) is 0 Å². The van der Waals surface area contributed by atoms with Crippen molar-refractivity contribution in [2.24, 2.45) is 0 Å². The smallest absolute Gasteiger partial charge is 0.170 e. The second-order valence-corrected chi connectivity index (χ2v) is 8.90. The maximum absolute atomic E-state index is 11.2. The molecule has 1 heterocycles. The van der Waals surface area contributed by atoms with Crippen LogP contribution in [0.25, 0.3) is 0 Å². The fourth-order valence-corrected chi connectivity index (χ4v) is 3.75. The molecule has 1 saturated heterocycles. The van der Waals surface area contributed by atoms with Gasteiger partial charge in [-0.05, 0) is 25.7 Å². The van der Waals surface area contributed by atoms with E-state index in [4.69, 9.17) is 14.6 Å². The number of rotatable bonds is 5. The fourth-order valence-electron chi connectivity index (χ4n) is 3.75. The topological polar surface area (TPSA) is 110 Å². The minimum atomic E-state index is -0.819. The van der Waals surface area contributed by atoms with Gasteiger partial charge < -0.3 is 19.7 Å². The van der Waals surface area contributed by atoms with Crippen LogP contribution in [0, 0.1) is 0 Å². The van der Waals surface area contributed by atoms with Crippen molar-refractivity contribution < 1.29 is 34.1 Å². The molecule has 0 amide bonds. The van der Waals surface area contributed by atoms with Crippen LogP contribution in [0.1, 0.15) is 105 Å². The molecule has 180 valence electrons. The highest BCUT2D eigenvalue weighted by Crippen LogP contribution is 2.43. The van der Waals surface area contributed by atoms with Gasteiger partial charge in [-0.1, -0.05) is 27.7 Å². The van der Waals surface area contributed by atoms with Crippen LogP contribution in [0.5, 0.6) is 0 Å². The number of Topliss-reactive ketones (excluding diaryl/α,β-unsaturated/α-hetero) is 3. The minimum absolute atomic E-state index is 0.0968. The number of hydrogen-bond donors (Lipinski definition) is 2. The van der Waals surface area contributed by atoms with Gasteiger partial charge in [-0.3, -0.25) is 14.4 Å². The van der Waals surface area contributed by atoms with Crippen LogP contribution >= 0.6 is 0 Å². The normalized spacial score (nSPS) is 22.5. The molecule has 0 bridgehead atoms. The van der Waals surface area contributed by atoms with Gasteiger partial charge in [-0.25, -0.2) is 0 Å². The Morgan fingerprint density at radius 3 is 1.52 bits per heavy atom. The molecule has 0 aromatic rings. The summed E-state index contributed by atoms with van der Waals surface area (Å²) >= 11 is 0. The van der Waals surface area contributed by atoms with Crippen LogP contribution in [0.2, 0.25) is 0 Å². The Labute approximate surface area is 186 Å². The van der Waals surface area contributed by atoms with E-state index in [1.165, 1.54) is 0 Å². The monoisotopic (exact) mass is 442 g/mol. The Hall–Kier alpha value is -1.15. The van der Waals surface area contributed by atoms with E-state index in [1.807, 2.05) is 13.8 Å². The Bertz CT molecular complexity index is 544. The molecule has 2 aliphatic carbocycles. The molecule has 0 unspecified atom stereocenters. The number of carbonyl (C=O) groups excluding carboxylic acids is 3. The Morgan fingerprint density at radius 1 is 0.806 bits per heavy atom. The predicted molar refractivity (Wildman–Crippen MR) is 118 cm³/mol. The molecule has 1 aliphatic heterocycles. The van der Waals surface area contributed by atoms with Crippen molar-refractivity contribution in [3.8, 4) is 0 Å². The quantitative estimate of drug-likeness (QED) is 0.668. The fraction of sp³-hybridized carbons (Fsp3) is 0.875. The third kappa shape index (κ3) is 8.72. The van der Waals surface area contributed by atoms with E-state index in [2.05, 4.69) is 13.8 Å². The number of ketones is 3. The molecule has 0 atom stereocenters. The zero-order valence-electron chi connectivity index (χ0n) is 19.8. The maximum atomic E-state index is 11.2. The Morgan fingerprint density at radius 2 is 1.23 bits per heavy atom. The first-order valence-electron chi connectivity index (χ1n) is 11.8. The van der Waals surface area contributed by atoms with Crippen LogP contribution in [-0.4, -0.2) is 57.8 Å². The van der Waals surface area contributed by atoms with Crippen molar-refractivity contribution in [1.82, 2.24) is 0 Å². The lowest BCUT2D eigenvalue weighted by Gasteiger charge is -2.34. The van der Waals surface area contributed by atoms with E-state index in [1.54, 1.807) is 0 Å². The second kappa shape index (κ2) is 12.8. The van der Waals surface area contributed by atoms with Crippen LogP contribution in [0.4, 0.5) is 0 Å². The highest BCUT2D eigenvalue weighted by Gasteiger charge is 2.49. The van der Waals surface area contributed by atoms with Crippen molar-refractivity contribution in [2.75, 3.05) is 13.2 Å². The lowest BCUT2D eigenvalue weighted by atomic mass is 9.92. The second-order valence-electron chi connectivity index (χ2n) is 8.90. The number of aliphatic hydroxyl groups is 2. The van der Waals surface area contributed by atoms with E-state index in [9.17, 15) is 19.5 Å². The summed E-state index contributed by atoms with van der Waals surface area (Å²) in [5.41, 5.74) is -0.916. The molecule has 3 fully saturated rings. The molecule has 7 nitrogen and oxygen atoms in total. The van der Waals surface area contributed by atoms with Crippen LogP contribution < -0.4 is 0 Å². The van der Waals surface area contributed by atoms with Gasteiger partial charge in [-0.15, -0.1) is 0 Å². The van der Waals surface area contributed by atoms with Crippen LogP contribution in [0.3, 0.4) is 0 Å². The van der Waals surface area contributed by atoms with E-state index in [0.717, 1.165) is 25.7 Å². The Kier molecular flexibility index (Phi) is 11.5. The predicted octanol–water partition coefficient (Wildman–Crippen LogP) is 3.66. The summed E-state index contributed by atoms with van der Waals surface area (Å²) in [6.07, 6.45) is 7.88. The van der Waals surface area contributed by atoms with Gasteiger partial charge in [0.2, 0.25) is 0 Å². The molecule has 3 rings (SSSR count). The molecule has 0 aromatic heterocycles. The molecule has 3 aliphatic rings. The lowest BCUT2D eigenvalue weighted by Crippen LogP contribution is -2.39. The summed E-state index contributed by atoms with van der Waals surface area (Å²) in [4.78, 5) is 32.1. The average Bonchev–Trinajstić information content (AvgIpc) is 3.17. The van der Waals surface area contributed by atoms with E-state index in [0.29, 0.717) is 63.8 Å². The van der Waals surface area contributed by atoms with Crippen molar-refractivity contribution in [3.63, 3.8) is 0 Å². The number of aliphatic hydroxyl groups excluding tert-OH is 1. The highest BCUT2D eigenvalue weighted by atomic mass is 16.8. The van der Waals surface area contributed by atoms with Gasteiger partial charge >= 0.3 is 0 Å². The van der Waals surface area contributed by atoms with Crippen molar-refractivity contribution in [2.45, 2.75) is 122 Å². The minimum Gasteiger partial charge on any atom is -0.393 e. The summed E-state index contributed by atoms with van der Waals surface area (Å²) in [6.45, 7) is 8.56. The summed E-state index contributed by atoms with van der Waals surface area (Å²) in [5, 5.41) is 17.7. The molecule has 0 radical (unpaired) electrons. The average molecular weight is 443 g/mol. The molecule has 1 spiro atoms. The van der Waals surface area contributed by atoms with Gasteiger partial charge in [0.1, 0.15) is 17.3 Å². The first-order valence-corrected chi connectivity index (χ1v) is 11.8. The number of carbonyl (C=O) groups is 3. The van der Waals surface area contributed by atoms with Crippen LogP contribution in [-0.2, 0) is 23.9 Å². The van der Waals surface area contributed by atoms with Crippen LogP contribution in [0.15, 0.2) is 0 Å². The molecule has 2 N–H and O–H groups in total. The maximum Gasteiger partial charge on any atom is 0.170 e. The molecular formula is C24H42O7. The van der Waals surface area contributed by atoms with Gasteiger partial charge in [-0.2, -0.15) is 0 Å². The van der Waals surface area contributed by atoms with Crippen molar-refractivity contribution in [1.29, 1.82) is 0 Å². The number of hydrogen-bond acceptors (Lipinski definition) is 7. The molecule has 31 heavy (non-hydrogen) atoms. The zero-order chi connectivity index (χ0) is 23.5. The van der Waals surface area contributed by atoms with Crippen molar-refractivity contribution in [3.05, 3.63) is 0 Å². The van der Waals surface area contributed by atoms with E-state index < -0.39 is 11.4 Å². The lowest BCUT2D eigenvalue weighted by molar-refractivity contribution is -0.205. The Balaban J connectivity index is 0.000000256. The van der Waals surface area contributed by atoms with Crippen molar-refractivity contribution >= 4 is 17.3 Å². The van der Waals surface area contributed by atoms with Gasteiger partial charge in [0.15, 0.2) is 5.79 Å². The summed E-state index contributed by atoms with van der Waals surface area (Å²) in [7, 11) is 0. The largest absolute Gasteiger partial charge is 0.393 e. The first-order chi connectivity index (χ1) is 14.6. The molecule has 2 saturated carbocycles. The standard InChI is InChI=1S/C12H20O3.C6H8O2.C6H14O2/c1-3-11(4-2)9-14-12(15-11)7-5-10(13)6-8-12;7-5-1-2-6(8)4-3-5;1-3-6(8,4-2)5-7/h3-9H2,1-2H3;1-4H2;7-8H,3-5H2,1-2H3.